The van der Waals surface area contributed by atoms with Crippen LogP contribution in [0.1, 0.15) is 25.3 Å². The molecule has 1 atom stereocenters. The van der Waals surface area contributed by atoms with Gasteiger partial charge >= 0.3 is 0 Å². The molecule has 1 aromatic carbocycles. The van der Waals surface area contributed by atoms with E-state index in [-0.39, 0.29) is 0 Å². The summed E-state index contributed by atoms with van der Waals surface area (Å²) in [5, 5.41) is 12.2. The molecule has 1 heterocycles. The number of nitrogens with zero attached hydrogens (tertiary/aromatic N) is 4. The first-order valence-corrected chi connectivity index (χ1v) is 7.67. The Balaban J connectivity index is 1.96. The van der Waals surface area contributed by atoms with E-state index < -0.39 is 0 Å². The fourth-order valence-electron chi connectivity index (χ4n) is 2.54. The molecule has 0 amide bonds. The molecule has 106 valence electrons. The van der Waals surface area contributed by atoms with E-state index in [0.717, 1.165) is 39.6 Å². The zero-order valence-corrected chi connectivity index (χ0v) is 13.3. The standard InChI is InChI=1S/C14H18BrN5/c1-8(10-3-4-10)7-20-14(17-18-19-20)12-5-11(15)6-13(16)9(12)2/h5-6,8,10H,3-4,7,16H2,1-2H3. The SMILES string of the molecule is Cc1c(N)cc(Br)cc1-c1nnnn1CC(C)C1CC1. The van der Waals surface area contributed by atoms with E-state index in [9.17, 15) is 0 Å². The largest absolute Gasteiger partial charge is 0.398 e. The maximum Gasteiger partial charge on any atom is 0.182 e. The predicted octanol–water partition coefficient (Wildman–Crippen LogP) is 3.04. The summed E-state index contributed by atoms with van der Waals surface area (Å²) in [5.41, 5.74) is 8.79. The molecule has 1 fully saturated rings. The predicted molar refractivity (Wildman–Crippen MR) is 82.0 cm³/mol. The minimum Gasteiger partial charge on any atom is -0.398 e. The van der Waals surface area contributed by atoms with E-state index in [0.29, 0.717) is 5.92 Å². The molecule has 1 saturated carbocycles. The molecule has 1 unspecified atom stereocenters. The van der Waals surface area contributed by atoms with Gasteiger partial charge in [-0.1, -0.05) is 22.9 Å². The summed E-state index contributed by atoms with van der Waals surface area (Å²) >= 11 is 3.48. The number of tetrazole rings is 1. The van der Waals surface area contributed by atoms with Crippen LogP contribution >= 0.6 is 15.9 Å². The van der Waals surface area contributed by atoms with Gasteiger partial charge in [0.2, 0.25) is 0 Å². The van der Waals surface area contributed by atoms with Gasteiger partial charge in [-0.05, 0) is 59.7 Å². The van der Waals surface area contributed by atoms with Crippen LogP contribution in [0, 0.1) is 18.8 Å². The van der Waals surface area contributed by atoms with Crippen LogP contribution in [0.15, 0.2) is 16.6 Å². The molecule has 0 saturated heterocycles. The number of nitrogens with two attached hydrogens (primary N) is 1. The molecular weight excluding hydrogens is 318 g/mol. The van der Waals surface area contributed by atoms with Crippen molar-refractivity contribution in [1.82, 2.24) is 20.2 Å². The lowest BCUT2D eigenvalue weighted by molar-refractivity contribution is 0.402. The summed E-state index contributed by atoms with van der Waals surface area (Å²) in [5.74, 6) is 2.24. The molecule has 0 spiro atoms. The Kier molecular flexibility index (Phi) is 3.50. The highest BCUT2D eigenvalue weighted by atomic mass is 79.9. The second-order valence-electron chi connectivity index (χ2n) is 5.67. The number of anilines is 1. The number of benzene rings is 1. The van der Waals surface area contributed by atoms with Gasteiger partial charge < -0.3 is 5.73 Å². The van der Waals surface area contributed by atoms with Gasteiger partial charge in [-0.3, -0.25) is 0 Å². The van der Waals surface area contributed by atoms with Crippen LogP contribution in [0.3, 0.4) is 0 Å². The van der Waals surface area contributed by atoms with Crippen molar-refractivity contribution < 1.29 is 0 Å². The van der Waals surface area contributed by atoms with Gasteiger partial charge in [0.15, 0.2) is 5.82 Å². The Morgan fingerprint density at radius 2 is 2.20 bits per heavy atom. The molecule has 0 aliphatic heterocycles. The first-order chi connectivity index (χ1) is 9.56. The maximum atomic E-state index is 6.03. The normalized spacial score (nSPS) is 16.4. The molecule has 20 heavy (non-hydrogen) atoms. The van der Waals surface area contributed by atoms with Gasteiger partial charge in [0, 0.05) is 22.3 Å². The number of nitrogen functional groups attached to an aromatic ring is 1. The van der Waals surface area contributed by atoms with E-state index >= 15 is 0 Å². The minimum atomic E-state index is 0.613. The van der Waals surface area contributed by atoms with Gasteiger partial charge in [-0.25, -0.2) is 4.68 Å². The highest BCUT2D eigenvalue weighted by molar-refractivity contribution is 9.10. The van der Waals surface area contributed by atoms with Gasteiger partial charge in [0.05, 0.1) is 0 Å². The Morgan fingerprint density at radius 3 is 2.90 bits per heavy atom. The molecule has 6 heteroatoms. The highest BCUT2D eigenvalue weighted by Crippen LogP contribution is 2.38. The van der Waals surface area contributed by atoms with Crippen molar-refractivity contribution in [2.45, 2.75) is 33.2 Å². The van der Waals surface area contributed by atoms with Gasteiger partial charge in [0.1, 0.15) is 0 Å². The van der Waals surface area contributed by atoms with Crippen LogP contribution in [0.25, 0.3) is 11.4 Å². The Labute approximate surface area is 126 Å². The van der Waals surface area contributed by atoms with Crippen molar-refractivity contribution >= 4 is 21.6 Å². The van der Waals surface area contributed by atoms with Crippen LogP contribution in [0.5, 0.6) is 0 Å². The Hall–Kier alpha value is -1.43. The molecule has 1 aliphatic rings. The van der Waals surface area contributed by atoms with Crippen molar-refractivity contribution in [2.75, 3.05) is 5.73 Å². The molecule has 1 aromatic heterocycles. The van der Waals surface area contributed by atoms with Crippen LogP contribution in [0.4, 0.5) is 5.69 Å². The van der Waals surface area contributed by atoms with E-state index in [2.05, 4.69) is 38.4 Å². The van der Waals surface area contributed by atoms with Crippen molar-refractivity contribution in [3.63, 3.8) is 0 Å². The summed E-state index contributed by atoms with van der Waals surface area (Å²) in [6.07, 6.45) is 2.67. The zero-order valence-electron chi connectivity index (χ0n) is 11.7. The van der Waals surface area contributed by atoms with Crippen LogP contribution < -0.4 is 5.73 Å². The molecule has 3 rings (SSSR count). The monoisotopic (exact) mass is 335 g/mol. The lowest BCUT2D eigenvalue weighted by atomic mass is 10.0. The number of hydrogen-bond acceptors (Lipinski definition) is 4. The second kappa shape index (κ2) is 5.16. The molecule has 2 N–H and O–H groups in total. The highest BCUT2D eigenvalue weighted by Gasteiger charge is 2.29. The number of halogens is 1. The number of aromatic nitrogens is 4. The van der Waals surface area contributed by atoms with Crippen LogP contribution in [0.2, 0.25) is 0 Å². The average molecular weight is 336 g/mol. The van der Waals surface area contributed by atoms with Crippen molar-refractivity contribution in [3.8, 4) is 11.4 Å². The summed E-state index contributed by atoms with van der Waals surface area (Å²) in [4.78, 5) is 0. The Bertz CT molecular complexity index is 632. The topological polar surface area (TPSA) is 69.6 Å². The summed E-state index contributed by atoms with van der Waals surface area (Å²) in [6, 6.07) is 3.93. The van der Waals surface area contributed by atoms with Crippen molar-refractivity contribution in [2.24, 2.45) is 11.8 Å². The lowest BCUT2D eigenvalue weighted by Crippen LogP contribution is -2.12. The van der Waals surface area contributed by atoms with Gasteiger partial charge in [-0.2, -0.15) is 0 Å². The number of rotatable bonds is 4. The Morgan fingerprint density at radius 1 is 1.45 bits per heavy atom. The second-order valence-corrected chi connectivity index (χ2v) is 6.58. The zero-order chi connectivity index (χ0) is 14.3. The molecule has 0 bridgehead atoms. The fraction of sp³-hybridized carbons (Fsp3) is 0.500. The van der Waals surface area contributed by atoms with Crippen LogP contribution in [-0.4, -0.2) is 20.2 Å². The third-order valence-corrected chi connectivity index (χ3v) is 4.53. The maximum absolute atomic E-state index is 6.03. The first-order valence-electron chi connectivity index (χ1n) is 6.88. The van der Waals surface area contributed by atoms with Gasteiger partial charge in [-0.15, -0.1) is 5.10 Å². The third-order valence-electron chi connectivity index (χ3n) is 4.07. The lowest BCUT2D eigenvalue weighted by Gasteiger charge is -2.13. The number of hydrogen-bond donors (Lipinski definition) is 1. The summed E-state index contributed by atoms with van der Waals surface area (Å²) in [7, 11) is 0. The fourth-order valence-corrected chi connectivity index (χ4v) is 3.02. The quantitative estimate of drug-likeness (QED) is 0.872. The van der Waals surface area contributed by atoms with Crippen molar-refractivity contribution in [1.29, 1.82) is 0 Å². The van der Waals surface area contributed by atoms with E-state index in [1.54, 1.807) is 0 Å². The molecule has 5 nitrogen and oxygen atoms in total. The van der Waals surface area contributed by atoms with Gasteiger partial charge in [0.25, 0.3) is 0 Å². The first kappa shape index (κ1) is 13.5. The van der Waals surface area contributed by atoms with Crippen LogP contribution in [-0.2, 0) is 6.54 Å². The van der Waals surface area contributed by atoms with E-state index in [1.807, 2.05) is 23.7 Å². The average Bonchev–Trinajstić information content (AvgIpc) is 3.15. The molecule has 0 radical (unpaired) electrons. The van der Waals surface area contributed by atoms with E-state index in [4.69, 9.17) is 5.73 Å². The third kappa shape index (κ3) is 2.57. The summed E-state index contributed by atoms with van der Waals surface area (Å²) in [6.45, 7) is 5.13. The molecule has 2 aromatic rings. The summed E-state index contributed by atoms with van der Waals surface area (Å²) < 4.78 is 2.84. The molecule has 1 aliphatic carbocycles. The minimum absolute atomic E-state index is 0.613. The smallest absolute Gasteiger partial charge is 0.182 e. The van der Waals surface area contributed by atoms with E-state index in [1.165, 1.54) is 12.8 Å². The molecular formula is C14H18BrN5. The van der Waals surface area contributed by atoms with Crippen molar-refractivity contribution in [3.05, 3.63) is 22.2 Å².